The second-order valence-electron chi connectivity index (χ2n) is 4.93. The van der Waals surface area contributed by atoms with Gasteiger partial charge in [-0.05, 0) is 0 Å². The van der Waals surface area contributed by atoms with Crippen molar-refractivity contribution in [1.82, 2.24) is 0 Å². The monoisotopic (exact) mass is 300 g/mol. The minimum Gasteiger partial charge on any atom is -0.394 e. The zero-order valence-corrected chi connectivity index (χ0v) is 11.3. The van der Waals surface area contributed by atoms with E-state index in [4.69, 9.17) is 19.7 Å². The molecule has 2 rings (SSSR count). The molecule has 0 amide bonds. The van der Waals surface area contributed by atoms with Crippen LogP contribution in [0.1, 0.15) is 11.9 Å². The average molecular weight is 300 g/mol. The number of hydrogen-bond acceptors (Lipinski definition) is 7. The summed E-state index contributed by atoms with van der Waals surface area (Å²) in [6.45, 7) is -1.21. The van der Waals surface area contributed by atoms with Crippen LogP contribution in [0.15, 0.2) is 30.3 Å². The highest BCUT2D eigenvalue weighted by molar-refractivity contribution is 5.17. The Morgan fingerprint density at radius 2 is 1.38 bits per heavy atom. The lowest BCUT2D eigenvalue weighted by atomic mass is 9.97. The minimum absolute atomic E-state index is 0.606. The fourth-order valence-electron chi connectivity index (χ4n) is 2.28. The van der Waals surface area contributed by atoms with Gasteiger partial charge in [-0.15, -0.1) is 0 Å². The van der Waals surface area contributed by atoms with Crippen LogP contribution < -0.4 is 0 Å². The predicted molar refractivity (Wildman–Crippen MR) is 71.1 cm³/mol. The minimum atomic E-state index is -1.38. The molecular formula is C14H20O7. The quantitative estimate of drug-likeness (QED) is 0.450. The van der Waals surface area contributed by atoms with E-state index in [-0.39, 0.29) is 0 Å². The molecule has 5 N–H and O–H groups in total. The molecule has 1 aromatic carbocycles. The lowest BCUT2D eigenvalue weighted by molar-refractivity contribution is -0.321. The maximum atomic E-state index is 10.1. The highest BCUT2D eigenvalue weighted by Crippen LogP contribution is 2.32. The van der Waals surface area contributed by atoms with Crippen molar-refractivity contribution in [3.8, 4) is 0 Å². The van der Waals surface area contributed by atoms with E-state index in [0.29, 0.717) is 5.56 Å². The van der Waals surface area contributed by atoms with E-state index in [1.807, 2.05) is 0 Å². The molecule has 0 saturated carbocycles. The van der Waals surface area contributed by atoms with Crippen molar-refractivity contribution in [2.24, 2.45) is 0 Å². The van der Waals surface area contributed by atoms with Crippen LogP contribution >= 0.6 is 0 Å². The van der Waals surface area contributed by atoms with Crippen molar-refractivity contribution in [2.75, 3.05) is 13.2 Å². The molecule has 4 unspecified atom stereocenters. The molecule has 7 heteroatoms. The molecular weight excluding hydrogens is 280 g/mol. The van der Waals surface area contributed by atoms with Gasteiger partial charge in [0.15, 0.2) is 6.29 Å². The van der Waals surface area contributed by atoms with Gasteiger partial charge >= 0.3 is 0 Å². The standard InChI is InChI=1S/C14H20O7/c15-6-9(17)12-11(19)13(10(18)7-16)21-14(20-12)8-4-2-1-3-5-8/h1-5,9-19H,6-7H2. The van der Waals surface area contributed by atoms with Crippen molar-refractivity contribution in [3.63, 3.8) is 0 Å². The molecule has 0 radical (unpaired) electrons. The van der Waals surface area contributed by atoms with Gasteiger partial charge in [0.1, 0.15) is 30.5 Å². The first-order chi connectivity index (χ1) is 10.1. The van der Waals surface area contributed by atoms with Gasteiger partial charge in [0.05, 0.1) is 13.2 Å². The molecule has 21 heavy (non-hydrogen) atoms. The first kappa shape index (κ1) is 16.3. The highest BCUT2D eigenvalue weighted by atomic mass is 16.7. The van der Waals surface area contributed by atoms with Crippen LogP contribution in [0.4, 0.5) is 0 Å². The van der Waals surface area contributed by atoms with Gasteiger partial charge in [-0.25, -0.2) is 0 Å². The van der Waals surface area contributed by atoms with E-state index in [9.17, 15) is 15.3 Å². The molecule has 1 fully saturated rings. The lowest BCUT2D eigenvalue weighted by Crippen LogP contribution is -2.57. The van der Waals surface area contributed by atoms with Gasteiger partial charge in [0, 0.05) is 5.56 Å². The van der Waals surface area contributed by atoms with E-state index in [1.165, 1.54) is 0 Å². The average Bonchev–Trinajstić information content (AvgIpc) is 2.54. The summed E-state index contributed by atoms with van der Waals surface area (Å²) >= 11 is 0. The van der Waals surface area contributed by atoms with Gasteiger partial charge in [0.25, 0.3) is 0 Å². The van der Waals surface area contributed by atoms with Crippen LogP contribution in [0.2, 0.25) is 0 Å². The van der Waals surface area contributed by atoms with Crippen LogP contribution in [-0.4, -0.2) is 69.3 Å². The molecule has 1 aliphatic heterocycles. The van der Waals surface area contributed by atoms with Gasteiger partial charge < -0.3 is 35.0 Å². The number of rotatable bonds is 5. The fourth-order valence-corrected chi connectivity index (χ4v) is 2.28. The molecule has 0 aliphatic carbocycles. The van der Waals surface area contributed by atoms with Crippen LogP contribution in [-0.2, 0) is 9.47 Å². The molecule has 1 heterocycles. The molecule has 1 aromatic rings. The number of ether oxygens (including phenoxy) is 2. The molecule has 4 atom stereocenters. The Morgan fingerprint density at radius 3 is 1.81 bits per heavy atom. The normalized spacial score (nSPS) is 32.6. The van der Waals surface area contributed by atoms with Crippen molar-refractivity contribution in [3.05, 3.63) is 35.9 Å². The SMILES string of the molecule is OCC(O)C1OC(c2ccccc2)OC(C(O)CO)C1O. The van der Waals surface area contributed by atoms with Crippen LogP contribution in [0.25, 0.3) is 0 Å². The second-order valence-corrected chi connectivity index (χ2v) is 4.93. The summed E-state index contributed by atoms with van der Waals surface area (Å²) in [5.41, 5.74) is 0.634. The Labute approximate surface area is 122 Å². The first-order valence-corrected chi connectivity index (χ1v) is 6.70. The number of hydrogen-bond donors (Lipinski definition) is 5. The van der Waals surface area contributed by atoms with Crippen LogP contribution in [0.3, 0.4) is 0 Å². The van der Waals surface area contributed by atoms with E-state index in [0.717, 1.165) is 0 Å². The maximum Gasteiger partial charge on any atom is 0.184 e. The Morgan fingerprint density at radius 1 is 0.905 bits per heavy atom. The van der Waals surface area contributed by atoms with Gasteiger partial charge in [-0.3, -0.25) is 0 Å². The highest BCUT2D eigenvalue weighted by Gasteiger charge is 2.45. The van der Waals surface area contributed by atoms with Crippen molar-refractivity contribution in [1.29, 1.82) is 0 Å². The van der Waals surface area contributed by atoms with E-state index >= 15 is 0 Å². The third kappa shape index (κ3) is 3.58. The number of benzene rings is 1. The molecule has 7 nitrogen and oxygen atoms in total. The molecule has 1 aliphatic rings. The number of aliphatic hydroxyl groups excluding tert-OH is 5. The van der Waals surface area contributed by atoms with E-state index < -0.39 is 50.0 Å². The van der Waals surface area contributed by atoms with E-state index in [2.05, 4.69) is 0 Å². The predicted octanol–water partition coefficient (Wildman–Crippen LogP) is -1.46. The summed E-state index contributed by atoms with van der Waals surface area (Å²) in [6.07, 6.45) is -7.24. The van der Waals surface area contributed by atoms with Crippen molar-refractivity contribution >= 4 is 0 Å². The molecule has 0 spiro atoms. The Balaban J connectivity index is 2.24. The number of aliphatic hydroxyl groups is 5. The third-order valence-electron chi connectivity index (χ3n) is 3.44. The van der Waals surface area contributed by atoms with Crippen molar-refractivity contribution in [2.45, 2.75) is 36.8 Å². The second kappa shape index (κ2) is 7.28. The van der Waals surface area contributed by atoms with Crippen LogP contribution in [0, 0.1) is 0 Å². The lowest BCUT2D eigenvalue weighted by Gasteiger charge is -2.42. The topological polar surface area (TPSA) is 120 Å². The first-order valence-electron chi connectivity index (χ1n) is 6.70. The molecule has 0 bridgehead atoms. The van der Waals surface area contributed by atoms with Crippen LogP contribution in [0.5, 0.6) is 0 Å². The largest absolute Gasteiger partial charge is 0.394 e. The van der Waals surface area contributed by atoms with Gasteiger partial charge in [0.2, 0.25) is 0 Å². The Hall–Kier alpha value is -1.06. The zero-order chi connectivity index (χ0) is 15.4. The summed E-state index contributed by atoms with van der Waals surface area (Å²) in [7, 11) is 0. The van der Waals surface area contributed by atoms with Gasteiger partial charge in [-0.1, -0.05) is 30.3 Å². The smallest absolute Gasteiger partial charge is 0.184 e. The summed E-state index contributed by atoms with van der Waals surface area (Å²) in [6, 6.07) is 8.80. The Bertz CT molecular complexity index is 407. The van der Waals surface area contributed by atoms with E-state index in [1.54, 1.807) is 30.3 Å². The summed E-state index contributed by atoms with van der Waals surface area (Å²) in [5, 5.41) is 47.7. The fraction of sp³-hybridized carbons (Fsp3) is 0.571. The Kier molecular flexibility index (Phi) is 5.65. The maximum absolute atomic E-state index is 10.1. The van der Waals surface area contributed by atoms with Crippen molar-refractivity contribution < 1.29 is 35.0 Å². The molecule has 1 saturated heterocycles. The molecule has 118 valence electrons. The summed E-state index contributed by atoms with van der Waals surface area (Å²) < 4.78 is 11.0. The summed E-state index contributed by atoms with van der Waals surface area (Å²) in [4.78, 5) is 0. The zero-order valence-electron chi connectivity index (χ0n) is 11.3. The van der Waals surface area contributed by atoms with Gasteiger partial charge in [-0.2, -0.15) is 0 Å². The molecule has 0 aromatic heterocycles. The summed E-state index contributed by atoms with van der Waals surface area (Å²) in [5.74, 6) is 0. The third-order valence-corrected chi connectivity index (χ3v) is 3.44.